The van der Waals surface area contributed by atoms with Crippen molar-refractivity contribution in [2.75, 3.05) is 6.54 Å². The maximum Gasteiger partial charge on any atom is 0.237 e. The third-order valence-electron chi connectivity index (χ3n) is 3.39. The van der Waals surface area contributed by atoms with Crippen molar-refractivity contribution in [2.45, 2.75) is 38.8 Å². The van der Waals surface area contributed by atoms with Crippen LogP contribution in [0.15, 0.2) is 24.3 Å². The van der Waals surface area contributed by atoms with Crippen LogP contribution in [-0.4, -0.2) is 18.5 Å². The molecule has 0 aromatic heterocycles. The average molecular weight is 232 g/mol. The second kappa shape index (κ2) is 5.32. The SMILES string of the molecule is Cc1ccccc1[C@@H](C)NC(=O)C1CCCN1. The molecule has 1 heterocycles. The molecule has 1 aliphatic heterocycles. The molecule has 92 valence electrons. The first-order valence-electron chi connectivity index (χ1n) is 6.28. The molecule has 1 saturated heterocycles. The molecule has 0 radical (unpaired) electrons. The van der Waals surface area contributed by atoms with E-state index in [-0.39, 0.29) is 18.0 Å². The van der Waals surface area contributed by atoms with E-state index in [0.717, 1.165) is 19.4 Å². The Kier molecular flexibility index (Phi) is 3.79. The monoisotopic (exact) mass is 232 g/mol. The Morgan fingerprint density at radius 2 is 2.24 bits per heavy atom. The zero-order valence-electron chi connectivity index (χ0n) is 10.5. The summed E-state index contributed by atoms with van der Waals surface area (Å²) < 4.78 is 0. The highest BCUT2D eigenvalue weighted by Crippen LogP contribution is 2.17. The second-order valence-electron chi connectivity index (χ2n) is 4.74. The Balaban J connectivity index is 1.99. The van der Waals surface area contributed by atoms with Crippen molar-refractivity contribution in [3.8, 4) is 0 Å². The molecule has 3 heteroatoms. The fourth-order valence-corrected chi connectivity index (χ4v) is 2.37. The molecule has 0 aliphatic carbocycles. The normalized spacial score (nSPS) is 21.2. The van der Waals surface area contributed by atoms with Crippen LogP contribution in [-0.2, 0) is 4.79 Å². The molecule has 1 unspecified atom stereocenters. The van der Waals surface area contributed by atoms with E-state index in [4.69, 9.17) is 0 Å². The molecule has 1 aliphatic rings. The van der Waals surface area contributed by atoms with Crippen LogP contribution >= 0.6 is 0 Å². The molecule has 0 spiro atoms. The van der Waals surface area contributed by atoms with Crippen molar-refractivity contribution in [3.63, 3.8) is 0 Å². The Bertz CT molecular complexity index is 397. The third-order valence-corrected chi connectivity index (χ3v) is 3.39. The minimum absolute atomic E-state index is 0.00136. The van der Waals surface area contributed by atoms with Gasteiger partial charge in [0, 0.05) is 0 Å². The fourth-order valence-electron chi connectivity index (χ4n) is 2.37. The number of rotatable bonds is 3. The summed E-state index contributed by atoms with van der Waals surface area (Å²) in [6.07, 6.45) is 2.04. The number of hydrogen-bond acceptors (Lipinski definition) is 2. The van der Waals surface area contributed by atoms with Gasteiger partial charge in [-0.1, -0.05) is 24.3 Å². The van der Waals surface area contributed by atoms with Gasteiger partial charge in [0.1, 0.15) is 0 Å². The molecule has 0 saturated carbocycles. The molecule has 1 aromatic carbocycles. The van der Waals surface area contributed by atoms with E-state index in [2.05, 4.69) is 29.7 Å². The van der Waals surface area contributed by atoms with Crippen molar-refractivity contribution in [1.82, 2.24) is 10.6 Å². The molecular formula is C14H20N2O. The van der Waals surface area contributed by atoms with E-state index in [9.17, 15) is 4.79 Å². The Morgan fingerprint density at radius 3 is 2.88 bits per heavy atom. The molecule has 3 nitrogen and oxygen atoms in total. The molecule has 1 amide bonds. The molecule has 2 atom stereocenters. The highest BCUT2D eigenvalue weighted by atomic mass is 16.2. The van der Waals surface area contributed by atoms with E-state index in [1.165, 1.54) is 11.1 Å². The Morgan fingerprint density at radius 1 is 1.47 bits per heavy atom. The summed E-state index contributed by atoms with van der Waals surface area (Å²) in [5.74, 6) is 0.123. The van der Waals surface area contributed by atoms with Gasteiger partial charge in [-0.15, -0.1) is 0 Å². The van der Waals surface area contributed by atoms with Crippen molar-refractivity contribution in [3.05, 3.63) is 35.4 Å². The number of carbonyl (C=O) groups is 1. The first-order valence-corrected chi connectivity index (χ1v) is 6.28. The van der Waals surface area contributed by atoms with Gasteiger partial charge in [-0.25, -0.2) is 0 Å². The van der Waals surface area contributed by atoms with E-state index in [0.29, 0.717) is 0 Å². The molecule has 17 heavy (non-hydrogen) atoms. The summed E-state index contributed by atoms with van der Waals surface area (Å²) >= 11 is 0. The van der Waals surface area contributed by atoms with Gasteiger partial charge in [-0.05, 0) is 44.4 Å². The van der Waals surface area contributed by atoms with Crippen LogP contribution in [0.3, 0.4) is 0 Å². The number of nitrogens with one attached hydrogen (secondary N) is 2. The second-order valence-corrected chi connectivity index (χ2v) is 4.74. The minimum Gasteiger partial charge on any atom is -0.348 e. The van der Waals surface area contributed by atoms with Crippen molar-refractivity contribution >= 4 is 5.91 Å². The number of hydrogen-bond donors (Lipinski definition) is 2. The molecule has 1 fully saturated rings. The van der Waals surface area contributed by atoms with Crippen LogP contribution < -0.4 is 10.6 Å². The Hall–Kier alpha value is -1.35. The van der Waals surface area contributed by atoms with Gasteiger partial charge in [0.25, 0.3) is 0 Å². The van der Waals surface area contributed by atoms with Gasteiger partial charge >= 0.3 is 0 Å². The zero-order chi connectivity index (χ0) is 12.3. The van der Waals surface area contributed by atoms with Gasteiger partial charge in [0.05, 0.1) is 12.1 Å². The van der Waals surface area contributed by atoms with E-state index < -0.39 is 0 Å². The van der Waals surface area contributed by atoms with Crippen LogP contribution in [0.5, 0.6) is 0 Å². The first kappa shape index (κ1) is 12.1. The highest BCUT2D eigenvalue weighted by Gasteiger charge is 2.23. The first-order chi connectivity index (χ1) is 8.18. The summed E-state index contributed by atoms with van der Waals surface area (Å²) in [4.78, 5) is 12.0. The van der Waals surface area contributed by atoms with Crippen LogP contribution in [0.25, 0.3) is 0 Å². The van der Waals surface area contributed by atoms with Crippen LogP contribution in [0.1, 0.15) is 36.9 Å². The van der Waals surface area contributed by atoms with Gasteiger partial charge in [0.2, 0.25) is 5.91 Å². The lowest BCUT2D eigenvalue weighted by atomic mass is 10.0. The summed E-state index contributed by atoms with van der Waals surface area (Å²) in [7, 11) is 0. The molecule has 0 bridgehead atoms. The fraction of sp³-hybridized carbons (Fsp3) is 0.500. The lowest BCUT2D eigenvalue weighted by Crippen LogP contribution is -2.41. The van der Waals surface area contributed by atoms with E-state index in [1.54, 1.807) is 0 Å². The third kappa shape index (κ3) is 2.86. The number of benzene rings is 1. The summed E-state index contributed by atoms with van der Waals surface area (Å²) in [6.45, 7) is 5.07. The quantitative estimate of drug-likeness (QED) is 0.836. The van der Waals surface area contributed by atoms with Gasteiger partial charge in [-0.2, -0.15) is 0 Å². The molecule has 1 aromatic rings. The largest absolute Gasteiger partial charge is 0.348 e. The van der Waals surface area contributed by atoms with E-state index in [1.807, 2.05) is 19.1 Å². The van der Waals surface area contributed by atoms with Crippen LogP contribution in [0.2, 0.25) is 0 Å². The average Bonchev–Trinajstić information content (AvgIpc) is 2.82. The summed E-state index contributed by atoms with van der Waals surface area (Å²) in [6, 6.07) is 8.26. The lowest BCUT2D eigenvalue weighted by Gasteiger charge is -2.19. The maximum absolute atomic E-state index is 12.0. The van der Waals surface area contributed by atoms with Gasteiger partial charge in [-0.3, -0.25) is 4.79 Å². The molecule has 2 N–H and O–H groups in total. The standard InChI is InChI=1S/C14H20N2O/c1-10-6-3-4-7-12(10)11(2)16-14(17)13-8-5-9-15-13/h3-4,6-7,11,13,15H,5,8-9H2,1-2H3,(H,16,17)/t11-,13?/m1/s1. The minimum atomic E-state index is 0.00136. The maximum atomic E-state index is 12.0. The lowest BCUT2D eigenvalue weighted by molar-refractivity contribution is -0.123. The summed E-state index contributed by atoms with van der Waals surface area (Å²) in [5.41, 5.74) is 2.42. The predicted octanol–water partition coefficient (Wildman–Crippen LogP) is 1.92. The predicted molar refractivity (Wildman–Crippen MR) is 68.8 cm³/mol. The van der Waals surface area contributed by atoms with E-state index >= 15 is 0 Å². The van der Waals surface area contributed by atoms with Crippen molar-refractivity contribution < 1.29 is 4.79 Å². The number of carbonyl (C=O) groups excluding carboxylic acids is 1. The highest BCUT2D eigenvalue weighted by molar-refractivity contribution is 5.82. The smallest absolute Gasteiger partial charge is 0.237 e. The number of aryl methyl sites for hydroxylation is 1. The van der Waals surface area contributed by atoms with Crippen molar-refractivity contribution in [1.29, 1.82) is 0 Å². The van der Waals surface area contributed by atoms with Crippen LogP contribution in [0, 0.1) is 6.92 Å². The zero-order valence-corrected chi connectivity index (χ0v) is 10.5. The Labute approximate surface area is 103 Å². The van der Waals surface area contributed by atoms with Gasteiger partial charge in [0.15, 0.2) is 0 Å². The van der Waals surface area contributed by atoms with Crippen LogP contribution in [0.4, 0.5) is 0 Å². The number of amides is 1. The molecular weight excluding hydrogens is 212 g/mol. The summed E-state index contributed by atoms with van der Waals surface area (Å²) in [5, 5.41) is 6.29. The topological polar surface area (TPSA) is 41.1 Å². The van der Waals surface area contributed by atoms with Crippen molar-refractivity contribution in [2.24, 2.45) is 0 Å². The van der Waals surface area contributed by atoms with Gasteiger partial charge < -0.3 is 10.6 Å². The molecule has 2 rings (SSSR count).